The number of rotatable bonds is 11. The number of esters is 4. The van der Waals surface area contributed by atoms with E-state index in [0.29, 0.717) is 11.4 Å². The van der Waals surface area contributed by atoms with Gasteiger partial charge in [0.2, 0.25) is 0 Å². The Labute approximate surface area is 190 Å². The Morgan fingerprint density at radius 2 is 1.25 bits per heavy atom. The van der Waals surface area contributed by atoms with Gasteiger partial charge < -0.3 is 32.7 Å². The lowest BCUT2D eigenvalue weighted by Gasteiger charge is -2.44. The van der Waals surface area contributed by atoms with Crippen molar-refractivity contribution in [2.75, 3.05) is 19.8 Å². The summed E-state index contributed by atoms with van der Waals surface area (Å²) in [6.45, 7) is 3.65. The van der Waals surface area contributed by atoms with E-state index in [2.05, 4.69) is 0 Å². The normalized spacial score (nSPS) is 25.5. The lowest BCUT2D eigenvalue weighted by molar-refractivity contribution is -0.237. The predicted octanol–water partition coefficient (Wildman–Crippen LogP) is 1.98. The van der Waals surface area contributed by atoms with Gasteiger partial charge in [0.1, 0.15) is 12.7 Å². The first kappa shape index (κ1) is 28.4. The Bertz CT molecular complexity index is 719. The second kappa shape index (κ2) is 13.1. The zero-order valence-corrected chi connectivity index (χ0v) is 20.5. The van der Waals surface area contributed by atoms with Crippen molar-refractivity contribution in [1.29, 1.82) is 0 Å². The summed E-state index contributed by atoms with van der Waals surface area (Å²) in [5.74, 6) is -2.91. The molecule has 184 valence electrons. The molecule has 5 atom stereocenters. The minimum absolute atomic E-state index is 0.0511. The van der Waals surface area contributed by atoms with Crippen molar-refractivity contribution in [2.24, 2.45) is 0 Å². The van der Waals surface area contributed by atoms with Crippen molar-refractivity contribution in [3.8, 4) is 0 Å². The Hall–Kier alpha value is -1.66. The molecule has 0 radical (unpaired) electrons. The van der Waals surface area contributed by atoms with Gasteiger partial charge in [0, 0.05) is 27.7 Å². The van der Waals surface area contributed by atoms with Gasteiger partial charge >= 0.3 is 30.7 Å². The van der Waals surface area contributed by atoms with E-state index in [9.17, 15) is 23.7 Å². The fourth-order valence-corrected chi connectivity index (χ4v) is 6.69. The van der Waals surface area contributed by atoms with Crippen LogP contribution >= 0.6 is 18.2 Å². The number of carbonyl (C=O) groups excluding carboxylic acids is 4. The third-order valence-corrected chi connectivity index (χ3v) is 7.78. The summed E-state index contributed by atoms with van der Waals surface area (Å²) < 4.78 is 50.4. The van der Waals surface area contributed by atoms with Crippen molar-refractivity contribution in [1.82, 2.24) is 0 Å². The summed E-state index contributed by atoms with van der Waals surface area (Å²) in [4.78, 5) is 46.6. The number of hydrogen-bond donors (Lipinski definition) is 0. The molecule has 1 fully saturated rings. The first-order valence-corrected chi connectivity index (χ1v) is 12.8. The first-order valence-electron chi connectivity index (χ1n) is 9.80. The lowest BCUT2D eigenvalue weighted by atomic mass is 9.99. The average Bonchev–Trinajstić information content (AvgIpc) is 2.64. The molecule has 1 aliphatic rings. The second-order valence-electron chi connectivity index (χ2n) is 6.46. The predicted molar refractivity (Wildman–Crippen MR) is 110 cm³/mol. The van der Waals surface area contributed by atoms with Gasteiger partial charge in [-0.1, -0.05) is 0 Å². The van der Waals surface area contributed by atoms with E-state index in [1.807, 2.05) is 0 Å². The third-order valence-electron chi connectivity index (χ3n) is 3.76. The lowest BCUT2D eigenvalue weighted by Crippen LogP contribution is -2.61. The average molecular weight is 500 g/mol. The fraction of sp³-hybridized carbons (Fsp3) is 0.778. The van der Waals surface area contributed by atoms with Crippen LogP contribution in [0, 0.1) is 0 Å². The Morgan fingerprint density at radius 3 is 1.69 bits per heavy atom. The molecule has 0 bridgehead atoms. The minimum Gasteiger partial charge on any atom is -0.463 e. The van der Waals surface area contributed by atoms with Gasteiger partial charge in [-0.3, -0.25) is 19.2 Å². The molecule has 1 saturated heterocycles. The van der Waals surface area contributed by atoms with E-state index in [0.717, 1.165) is 20.8 Å². The number of hydrogen-bond acceptors (Lipinski definition) is 13. The third kappa shape index (κ3) is 9.07. The van der Waals surface area contributed by atoms with Gasteiger partial charge in [-0.05, 0) is 25.2 Å². The van der Waals surface area contributed by atoms with Gasteiger partial charge in [-0.15, -0.1) is 0 Å². The molecule has 0 saturated carbocycles. The van der Waals surface area contributed by atoms with E-state index in [4.69, 9.17) is 32.7 Å². The molecule has 12 nitrogen and oxygen atoms in total. The highest BCUT2D eigenvalue weighted by molar-refractivity contribution is 8.55. The van der Waals surface area contributed by atoms with Crippen molar-refractivity contribution >= 4 is 42.1 Å². The molecule has 0 amide bonds. The van der Waals surface area contributed by atoms with Gasteiger partial charge in [-0.25, -0.2) is 4.57 Å². The topological polar surface area (TPSA) is 150 Å². The van der Waals surface area contributed by atoms with E-state index in [1.165, 1.54) is 6.92 Å². The molecule has 0 aromatic carbocycles. The first-order chi connectivity index (χ1) is 14.9. The van der Waals surface area contributed by atoms with Crippen LogP contribution in [0.4, 0.5) is 0 Å². The van der Waals surface area contributed by atoms with Crippen molar-refractivity contribution in [2.45, 2.75) is 71.4 Å². The van der Waals surface area contributed by atoms with Crippen LogP contribution in [0.25, 0.3) is 0 Å². The molecular formula is C18H29O12PS. The molecular weight excluding hydrogens is 471 g/mol. The molecule has 0 spiro atoms. The molecule has 0 N–H and O–H groups in total. The molecule has 32 heavy (non-hydrogen) atoms. The summed E-state index contributed by atoms with van der Waals surface area (Å²) in [7, 11) is 0. The van der Waals surface area contributed by atoms with E-state index in [1.54, 1.807) is 13.8 Å². The monoisotopic (exact) mass is 500 g/mol. The van der Waals surface area contributed by atoms with Crippen molar-refractivity contribution in [3.63, 3.8) is 0 Å². The largest absolute Gasteiger partial charge is 0.463 e. The van der Waals surface area contributed by atoms with Gasteiger partial charge in [0.25, 0.3) is 0 Å². The van der Waals surface area contributed by atoms with Crippen LogP contribution in [-0.2, 0) is 56.5 Å². The smallest absolute Gasteiger partial charge is 0.391 e. The van der Waals surface area contributed by atoms with E-state index >= 15 is 0 Å². The minimum atomic E-state index is -3.80. The summed E-state index contributed by atoms with van der Waals surface area (Å²) in [6.07, 6.45) is -5.15. The Kier molecular flexibility index (Phi) is 11.7. The summed E-state index contributed by atoms with van der Waals surface area (Å²) in [5, 5.41) is 0. The highest BCUT2D eigenvalue weighted by Crippen LogP contribution is 2.63. The summed E-state index contributed by atoms with van der Waals surface area (Å²) in [6, 6.07) is 0. The van der Waals surface area contributed by atoms with Crippen LogP contribution in [0.2, 0.25) is 0 Å². The quantitative estimate of drug-likeness (QED) is 0.231. The van der Waals surface area contributed by atoms with Crippen LogP contribution in [0.15, 0.2) is 0 Å². The highest BCUT2D eigenvalue weighted by atomic mass is 32.7. The maximum atomic E-state index is 13.1. The zero-order chi connectivity index (χ0) is 24.5. The van der Waals surface area contributed by atoms with E-state index < -0.39 is 60.5 Å². The Morgan fingerprint density at radius 1 is 0.781 bits per heavy atom. The number of carbonyl (C=O) groups is 4. The van der Waals surface area contributed by atoms with Crippen LogP contribution in [-0.4, -0.2) is 73.5 Å². The highest BCUT2D eigenvalue weighted by Gasteiger charge is 2.54. The van der Waals surface area contributed by atoms with Gasteiger partial charge in [0.05, 0.1) is 13.2 Å². The molecule has 14 heteroatoms. The molecule has 1 heterocycles. The van der Waals surface area contributed by atoms with Crippen LogP contribution < -0.4 is 0 Å². The summed E-state index contributed by atoms with van der Waals surface area (Å²) >= 11 is 0.596. The molecule has 1 rings (SSSR count). The van der Waals surface area contributed by atoms with Crippen LogP contribution in [0.5, 0.6) is 0 Å². The molecule has 0 aromatic heterocycles. The number of ether oxygens (including phenoxy) is 5. The zero-order valence-electron chi connectivity index (χ0n) is 18.8. The molecule has 0 aromatic rings. The van der Waals surface area contributed by atoms with Crippen LogP contribution in [0.1, 0.15) is 41.5 Å². The van der Waals surface area contributed by atoms with Crippen molar-refractivity contribution < 1.29 is 56.5 Å². The van der Waals surface area contributed by atoms with Crippen molar-refractivity contribution in [3.05, 3.63) is 0 Å². The summed E-state index contributed by atoms with van der Waals surface area (Å²) in [5.41, 5.74) is -1.25. The van der Waals surface area contributed by atoms with Crippen LogP contribution in [0.3, 0.4) is 0 Å². The van der Waals surface area contributed by atoms with Gasteiger partial charge in [0.15, 0.2) is 23.7 Å². The SMILES string of the molecule is CCOP(=O)(OCC)S[C@@H]1O[C@H](COC(C)=O)[C@@H](OC(C)=O)[C@H](OC(C)=O)[C@H]1OC(C)=O. The standard InChI is InChI=1S/C18H29O12PS/c1-7-25-31(23,26-8-2)32-18-17(29-13(6)22)16(28-12(5)21)15(27-11(4)20)14(30-18)9-24-10(3)19/h14-18H,7-9H2,1-6H3/t14-,15-,16+,17-,18+/m1/s1. The Balaban J connectivity index is 3.43. The fourth-order valence-electron chi connectivity index (χ4n) is 2.82. The van der Waals surface area contributed by atoms with Gasteiger partial charge in [-0.2, -0.15) is 0 Å². The second-order valence-corrected chi connectivity index (χ2v) is 10.5. The maximum Gasteiger partial charge on any atom is 0.391 e. The maximum absolute atomic E-state index is 13.1. The van der Waals surface area contributed by atoms with E-state index in [-0.39, 0.29) is 19.8 Å². The molecule has 0 aliphatic carbocycles. The molecule has 0 unspecified atom stereocenters. The molecule has 1 aliphatic heterocycles.